The van der Waals surface area contributed by atoms with Crippen LogP contribution in [0.5, 0.6) is 0 Å². The SMILES string of the molecule is CNc1nc(-c2ccn(C)n2)ncc1Br. The fourth-order valence-electron chi connectivity index (χ4n) is 1.20. The van der Waals surface area contributed by atoms with Crippen molar-refractivity contribution < 1.29 is 0 Å². The largest absolute Gasteiger partial charge is 0.372 e. The summed E-state index contributed by atoms with van der Waals surface area (Å²) in [4.78, 5) is 8.53. The minimum Gasteiger partial charge on any atom is -0.372 e. The van der Waals surface area contributed by atoms with Crippen LogP contribution in [0.15, 0.2) is 22.9 Å². The zero-order valence-corrected chi connectivity index (χ0v) is 9.98. The van der Waals surface area contributed by atoms with E-state index in [9.17, 15) is 0 Å². The summed E-state index contributed by atoms with van der Waals surface area (Å²) in [5.74, 6) is 1.37. The summed E-state index contributed by atoms with van der Waals surface area (Å²) in [5.41, 5.74) is 0.765. The van der Waals surface area contributed by atoms with Gasteiger partial charge in [0.05, 0.1) is 4.47 Å². The molecule has 5 nitrogen and oxygen atoms in total. The van der Waals surface area contributed by atoms with Gasteiger partial charge in [0, 0.05) is 26.5 Å². The van der Waals surface area contributed by atoms with E-state index in [1.165, 1.54) is 0 Å². The number of nitrogens with one attached hydrogen (secondary N) is 1. The average molecular weight is 268 g/mol. The molecule has 0 saturated heterocycles. The fraction of sp³-hybridized carbons (Fsp3) is 0.222. The topological polar surface area (TPSA) is 55.6 Å². The fourth-order valence-corrected chi connectivity index (χ4v) is 1.59. The van der Waals surface area contributed by atoms with E-state index in [4.69, 9.17) is 0 Å². The van der Waals surface area contributed by atoms with E-state index < -0.39 is 0 Å². The lowest BCUT2D eigenvalue weighted by Crippen LogP contribution is -1.98. The standard InChI is InChI=1S/C9H10BrN5/c1-11-8-6(10)5-12-9(13-8)7-3-4-15(2)14-7/h3-5H,1-2H3,(H,11,12,13). The van der Waals surface area contributed by atoms with E-state index in [-0.39, 0.29) is 0 Å². The van der Waals surface area contributed by atoms with Crippen molar-refractivity contribution in [1.29, 1.82) is 0 Å². The van der Waals surface area contributed by atoms with Gasteiger partial charge < -0.3 is 5.32 Å². The molecule has 0 unspecified atom stereocenters. The van der Waals surface area contributed by atoms with E-state index in [0.29, 0.717) is 5.82 Å². The van der Waals surface area contributed by atoms with Crippen LogP contribution in [0.1, 0.15) is 0 Å². The second-order valence-electron chi connectivity index (χ2n) is 3.01. The van der Waals surface area contributed by atoms with Crippen molar-refractivity contribution in [2.75, 3.05) is 12.4 Å². The molecule has 1 N–H and O–H groups in total. The van der Waals surface area contributed by atoms with Crippen molar-refractivity contribution in [2.45, 2.75) is 0 Å². The predicted octanol–water partition coefficient (Wildman–Crippen LogP) is 1.68. The van der Waals surface area contributed by atoms with Gasteiger partial charge in [-0.25, -0.2) is 9.97 Å². The van der Waals surface area contributed by atoms with Gasteiger partial charge in [-0.05, 0) is 22.0 Å². The lowest BCUT2D eigenvalue weighted by molar-refractivity contribution is 0.768. The number of hydrogen-bond acceptors (Lipinski definition) is 4. The number of aromatic nitrogens is 4. The first-order chi connectivity index (χ1) is 7.20. The number of aryl methyl sites for hydroxylation is 1. The van der Waals surface area contributed by atoms with Gasteiger partial charge in [0.1, 0.15) is 11.5 Å². The van der Waals surface area contributed by atoms with Crippen LogP contribution in [0.4, 0.5) is 5.82 Å². The highest BCUT2D eigenvalue weighted by Crippen LogP contribution is 2.21. The van der Waals surface area contributed by atoms with Gasteiger partial charge in [-0.2, -0.15) is 5.10 Å². The molecular formula is C9H10BrN5. The Morgan fingerprint density at radius 2 is 2.27 bits per heavy atom. The van der Waals surface area contributed by atoms with Crippen molar-refractivity contribution in [2.24, 2.45) is 7.05 Å². The van der Waals surface area contributed by atoms with E-state index in [1.54, 1.807) is 10.9 Å². The maximum absolute atomic E-state index is 4.33. The van der Waals surface area contributed by atoms with Crippen molar-refractivity contribution >= 4 is 21.7 Å². The molecule has 6 heteroatoms. The summed E-state index contributed by atoms with van der Waals surface area (Å²) in [5, 5.41) is 7.21. The maximum Gasteiger partial charge on any atom is 0.182 e. The molecule has 0 atom stereocenters. The van der Waals surface area contributed by atoms with Crippen LogP contribution in [0.2, 0.25) is 0 Å². The molecule has 2 rings (SSSR count). The number of anilines is 1. The predicted molar refractivity (Wildman–Crippen MR) is 61.5 cm³/mol. The van der Waals surface area contributed by atoms with Gasteiger partial charge in [0.2, 0.25) is 0 Å². The molecule has 0 spiro atoms. The van der Waals surface area contributed by atoms with Crippen molar-refractivity contribution in [1.82, 2.24) is 19.7 Å². The second-order valence-corrected chi connectivity index (χ2v) is 3.87. The lowest BCUT2D eigenvalue weighted by Gasteiger charge is -2.03. The molecule has 15 heavy (non-hydrogen) atoms. The van der Waals surface area contributed by atoms with Gasteiger partial charge in [-0.1, -0.05) is 0 Å². The first kappa shape index (κ1) is 10.1. The Morgan fingerprint density at radius 1 is 1.47 bits per heavy atom. The average Bonchev–Trinajstić information content (AvgIpc) is 2.66. The Bertz CT molecular complexity index is 479. The molecule has 0 aliphatic carbocycles. The third-order valence-electron chi connectivity index (χ3n) is 1.92. The quantitative estimate of drug-likeness (QED) is 0.900. The zero-order chi connectivity index (χ0) is 10.8. The van der Waals surface area contributed by atoms with Crippen LogP contribution >= 0.6 is 15.9 Å². The Balaban J connectivity index is 2.45. The molecule has 0 bridgehead atoms. The van der Waals surface area contributed by atoms with Gasteiger partial charge in [0.15, 0.2) is 5.82 Å². The number of halogens is 1. The minimum absolute atomic E-state index is 0.614. The van der Waals surface area contributed by atoms with Crippen LogP contribution in [0.3, 0.4) is 0 Å². The molecule has 0 amide bonds. The van der Waals surface area contributed by atoms with Gasteiger partial charge in [-0.15, -0.1) is 0 Å². The summed E-state index contributed by atoms with van der Waals surface area (Å²) in [6.45, 7) is 0. The summed E-state index contributed by atoms with van der Waals surface area (Å²) < 4.78 is 2.56. The monoisotopic (exact) mass is 267 g/mol. The van der Waals surface area contributed by atoms with Gasteiger partial charge in [-0.3, -0.25) is 4.68 Å². The van der Waals surface area contributed by atoms with Crippen molar-refractivity contribution in [3.8, 4) is 11.5 Å². The van der Waals surface area contributed by atoms with E-state index in [2.05, 4.69) is 36.3 Å². The van der Waals surface area contributed by atoms with E-state index in [0.717, 1.165) is 16.0 Å². The number of nitrogens with zero attached hydrogens (tertiary/aromatic N) is 4. The molecule has 0 aromatic carbocycles. The molecule has 0 aliphatic rings. The summed E-state index contributed by atoms with van der Waals surface area (Å²) >= 11 is 3.36. The smallest absolute Gasteiger partial charge is 0.182 e. The maximum atomic E-state index is 4.33. The second kappa shape index (κ2) is 3.98. The van der Waals surface area contributed by atoms with Crippen molar-refractivity contribution in [3.05, 3.63) is 22.9 Å². The summed E-state index contributed by atoms with van der Waals surface area (Å²) in [6.07, 6.45) is 3.57. The Labute approximate surface area is 95.7 Å². The van der Waals surface area contributed by atoms with Gasteiger partial charge >= 0.3 is 0 Å². The molecule has 2 aromatic rings. The molecule has 78 valence electrons. The molecule has 2 heterocycles. The van der Waals surface area contributed by atoms with Crippen LogP contribution in [-0.2, 0) is 7.05 Å². The van der Waals surface area contributed by atoms with Gasteiger partial charge in [0.25, 0.3) is 0 Å². The van der Waals surface area contributed by atoms with Crippen LogP contribution in [-0.4, -0.2) is 26.8 Å². The van der Waals surface area contributed by atoms with Crippen LogP contribution in [0.25, 0.3) is 11.5 Å². The first-order valence-electron chi connectivity index (χ1n) is 4.41. The van der Waals surface area contributed by atoms with Crippen LogP contribution in [0, 0.1) is 0 Å². The summed E-state index contributed by atoms with van der Waals surface area (Å²) in [7, 11) is 3.68. The Kier molecular flexibility index (Phi) is 2.68. The van der Waals surface area contributed by atoms with Crippen molar-refractivity contribution in [3.63, 3.8) is 0 Å². The highest BCUT2D eigenvalue weighted by atomic mass is 79.9. The molecule has 0 saturated carbocycles. The minimum atomic E-state index is 0.614. The van der Waals surface area contributed by atoms with E-state index in [1.807, 2.05) is 26.4 Å². The number of hydrogen-bond donors (Lipinski definition) is 1. The molecule has 2 aromatic heterocycles. The first-order valence-corrected chi connectivity index (χ1v) is 5.20. The molecule has 0 aliphatic heterocycles. The highest BCUT2D eigenvalue weighted by Gasteiger charge is 2.07. The molecule has 0 fully saturated rings. The zero-order valence-electron chi connectivity index (χ0n) is 8.40. The highest BCUT2D eigenvalue weighted by molar-refractivity contribution is 9.10. The number of rotatable bonds is 2. The Hall–Kier alpha value is -1.43. The van der Waals surface area contributed by atoms with Crippen LogP contribution < -0.4 is 5.32 Å². The normalized spacial score (nSPS) is 10.3. The Morgan fingerprint density at radius 3 is 2.87 bits per heavy atom. The molecular weight excluding hydrogens is 258 g/mol. The third-order valence-corrected chi connectivity index (χ3v) is 2.50. The molecule has 0 radical (unpaired) electrons. The lowest BCUT2D eigenvalue weighted by atomic mass is 10.4. The summed E-state index contributed by atoms with van der Waals surface area (Å²) in [6, 6.07) is 1.88. The van der Waals surface area contributed by atoms with E-state index >= 15 is 0 Å². The third kappa shape index (κ3) is 1.99.